The molecule has 0 aliphatic carbocycles. The fourth-order valence-electron chi connectivity index (χ4n) is 3.10. The van der Waals surface area contributed by atoms with E-state index >= 15 is 0 Å². The van der Waals surface area contributed by atoms with Gasteiger partial charge in [-0.1, -0.05) is 6.07 Å². The number of nitrogens with one attached hydrogen (secondary N) is 1. The van der Waals surface area contributed by atoms with Crippen LogP contribution in [0, 0.1) is 0 Å². The number of ether oxygens (including phenoxy) is 3. The van der Waals surface area contributed by atoms with Crippen molar-refractivity contribution in [3.63, 3.8) is 0 Å². The molecule has 0 radical (unpaired) electrons. The highest BCUT2D eigenvalue weighted by Gasteiger charge is 2.26. The lowest BCUT2D eigenvalue weighted by Gasteiger charge is -2.28. The van der Waals surface area contributed by atoms with Gasteiger partial charge in [0.15, 0.2) is 11.5 Å². The summed E-state index contributed by atoms with van der Waals surface area (Å²) >= 11 is 0. The van der Waals surface area contributed by atoms with Crippen LogP contribution in [0.3, 0.4) is 0 Å². The molecule has 3 rings (SSSR count). The molecule has 7 nitrogen and oxygen atoms in total. The minimum Gasteiger partial charge on any atom is -0.454 e. The molecule has 1 fully saturated rings. The van der Waals surface area contributed by atoms with E-state index in [9.17, 15) is 8.42 Å². The number of likely N-dealkylation sites (tertiary alicyclic amines) is 1. The summed E-state index contributed by atoms with van der Waals surface area (Å²) < 4.78 is 42.5. The van der Waals surface area contributed by atoms with E-state index in [4.69, 9.17) is 14.2 Å². The van der Waals surface area contributed by atoms with E-state index in [1.165, 1.54) is 7.11 Å². The van der Waals surface area contributed by atoms with Gasteiger partial charge in [0, 0.05) is 19.7 Å². The Labute approximate surface area is 142 Å². The quantitative estimate of drug-likeness (QED) is 0.752. The summed E-state index contributed by atoms with van der Waals surface area (Å²) in [5.41, 5.74) is 1.04. The standard InChI is InChI=1S/C16H24N2O5S/c1-21-8-9-24(19,20)17-11-14(18-6-2-3-7-18)13-4-5-15-16(10-13)23-12-22-15/h4-5,10,14,17H,2-3,6-9,11-12H2,1H3. The monoisotopic (exact) mass is 356 g/mol. The van der Waals surface area contributed by atoms with Crippen LogP contribution in [0.25, 0.3) is 0 Å². The second kappa shape index (κ2) is 7.69. The Morgan fingerprint density at radius 2 is 2.00 bits per heavy atom. The van der Waals surface area contributed by atoms with Crippen molar-refractivity contribution < 1.29 is 22.6 Å². The second-order valence-electron chi connectivity index (χ2n) is 6.03. The van der Waals surface area contributed by atoms with Gasteiger partial charge in [-0.25, -0.2) is 13.1 Å². The Kier molecular flexibility index (Phi) is 5.60. The predicted octanol–water partition coefficient (Wildman–Crippen LogP) is 1.12. The Balaban J connectivity index is 1.74. The van der Waals surface area contributed by atoms with Crippen LogP contribution in [-0.4, -0.2) is 59.2 Å². The van der Waals surface area contributed by atoms with Crippen molar-refractivity contribution in [3.8, 4) is 11.5 Å². The van der Waals surface area contributed by atoms with Crippen molar-refractivity contribution in [2.75, 3.05) is 45.9 Å². The van der Waals surface area contributed by atoms with Gasteiger partial charge in [-0.2, -0.15) is 0 Å². The zero-order valence-corrected chi connectivity index (χ0v) is 14.7. The van der Waals surface area contributed by atoms with Crippen LogP contribution in [-0.2, 0) is 14.8 Å². The van der Waals surface area contributed by atoms with Crippen LogP contribution in [0.4, 0.5) is 0 Å². The number of fused-ring (bicyclic) bond motifs is 1. The molecular weight excluding hydrogens is 332 g/mol. The zero-order chi connectivity index (χ0) is 17.0. The summed E-state index contributed by atoms with van der Waals surface area (Å²) in [5, 5.41) is 0. The second-order valence-corrected chi connectivity index (χ2v) is 7.96. The van der Waals surface area contributed by atoms with Gasteiger partial charge < -0.3 is 14.2 Å². The third kappa shape index (κ3) is 4.18. The van der Waals surface area contributed by atoms with E-state index < -0.39 is 10.0 Å². The van der Waals surface area contributed by atoms with E-state index in [0.29, 0.717) is 6.54 Å². The summed E-state index contributed by atoms with van der Waals surface area (Å²) in [4.78, 5) is 2.32. The molecule has 8 heteroatoms. The molecule has 1 saturated heterocycles. The first-order valence-corrected chi connectivity index (χ1v) is 9.84. The summed E-state index contributed by atoms with van der Waals surface area (Å²) in [7, 11) is -1.85. The summed E-state index contributed by atoms with van der Waals surface area (Å²) in [6.07, 6.45) is 2.27. The molecule has 24 heavy (non-hydrogen) atoms. The smallest absolute Gasteiger partial charge is 0.231 e. The lowest BCUT2D eigenvalue weighted by atomic mass is 10.1. The Morgan fingerprint density at radius 3 is 2.75 bits per heavy atom. The first-order chi connectivity index (χ1) is 11.6. The number of benzene rings is 1. The number of rotatable bonds is 8. The van der Waals surface area contributed by atoms with Crippen LogP contribution in [0.15, 0.2) is 18.2 Å². The lowest BCUT2D eigenvalue weighted by molar-refractivity contribution is 0.173. The molecule has 0 spiro atoms. The fourth-order valence-corrected chi connectivity index (χ4v) is 4.04. The van der Waals surface area contributed by atoms with Crippen LogP contribution in [0.2, 0.25) is 0 Å². The lowest BCUT2D eigenvalue weighted by Crippen LogP contribution is -2.38. The topological polar surface area (TPSA) is 77.1 Å². The number of methoxy groups -OCH3 is 1. The van der Waals surface area contributed by atoms with Gasteiger partial charge in [0.1, 0.15) is 0 Å². The number of nitrogens with zero attached hydrogens (tertiary/aromatic N) is 1. The highest BCUT2D eigenvalue weighted by Crippen LogP contribution is 2.36. The van der Waals surface area contributed by atoms with Crippen LogP contribution in [0.1, 0.15) is 24.4 Å². The third-order valence-electron chi connectivity index (χ3n) is 4.42. The minimum atomic E-state index is -3.35. The van der Waals surface area contributed by atoms with Crippen molar-refractivity contribution in [3.05, 3.63) is 23.8 Å². The van der Waals surface area contributed by atoms with Gasteiger partial charge in [0.2, 0.25) is 16.8 Å². The molecule has 1 atom stereocenters. The van der Waals surface area contributed by atoms with Gasteiger partial charge in [0.25, 0.3) is 0 Å². The van der Waals surface area contributed by atoms with Gasteiger partial charge in [-0.15, -0.1) is 0 Å². The largest absolute Gasteiger partial charge is 0.454 e. The van der Waals surface area contributed by atoms with Gasteiger partial charge >= 0.3 is 0 Å². The van der Waals surface area contributed by atoms with E-state index in [2.05, 4.69) is 9.62 Å². The Hall–Kier alpha value is -1.35. The van der Waals surface area contributed by atoms with E-state index in [1.54, 1.807) is 0 Å². The van der Waals surface area contributed by atoms with Crippen molar-refractivity contribution in [2.45, 2.75) is 18.9 Å². The van der Waals surface area contributed by atoms with Crippen molar-refractivity contribution in [1.82, 2.24) is 9.62 Å². The molecule has 1 aromatic carbocycles. The molecule has 2 heterocycles. The molecule has 2 aliphatic rings. The molecule has 1 unspecified atom stereocenters. The van der Waals surface area contributed by atoms with Gasteiger partial charge in [0.05, 0.1) is 12.4 Å². The van der Waals surface area contributed by atoms with Crippen LogP contribution in [0.5, 0.6) is 11.5 Å². The molecule has 1 N–H and O–H groups in total. The number of sulfonamides is 1. The van der Waals surface area contributed by atoms with E-state index in [0.717, 1.165) is 43.0 Å². The maximum atomic E-state index is 12.1. The summed E-state index contributed by atoms with van der Waals surface area (Å²) in [6, 6.07) is 5.81. The molecule has 0 saturated carbocycles. The average Bonchev–Trinajstić information content (AvgIpc) is 3.24. The van der Waals surface area contributed by atoms with Crippen LogP contribution >= 0.6 is 0 Å². The Bertz CT molecular complexity index is 658. The normalized spacial score (nSPS) is 18.9. The molecular formula is C16H24N2O5S. The first-order valence-electron chi connectivity index (χ1n) is 8.19. The maximum Gasteiger partial charge on any atom is 0.231 e. The van der Waals surface area contributed by atoms with E-state index in [1.807, 2.05) is 18.2 Å². The third-order valence-corrected chi connectivity index (χ3v) is 5.73. The maximum absolute atomic E-state index is 12.1. The highest BCUT2D eigenvalue weighted by atomic mass is 32.2. The zero-order valence-electron chi connectivity index (χ0n) is 13.9. The Morgan fingerprint density at radius 1 is 1.25 bits per heavy atom. The van der Waals surface area contributed by atoms with Gasteiger partial charge in [-0.05, 0) is 43.6 Å². The summed E-state index contributed by atoms with van der Waals surface area (Å²) in [5.74, 6) is 1.43. The van der Waals surface area contributed by atoms with Crippen molar-refractivity contribution in [1.29, 1.82) is 0 Å². The van der Waals surface area contributed by atoms with Gasteiger partial charge in [-0.3, -0.25) is 4.90 Å². The summed E-state index contributed by atoms with van der Waals surface area (Å²) in [6.45, 7) is 2.70. The molecule has 134 valence electrons. The van der Waals surface area contributed by atoms with Crippen LogP contribution < -0.4 is 14.2 Å². The number of hydrogen-bond acceptors (Lipinski definition) is 6. The molecule has 0 bridgehead atoms. The van der Waals surface area contributed by atoms with Crippen molar-refractivity contribution >= 4 is 10.0 Å². The average molecular weight is 356 g/mol. The fraction of sp³-hybridized carbons (Fsp3) is 0.625. The SMILES string of the molecule is COCCS(=O)(=O)NCC(c1ccc2c(c1)OCO2)N1CCCC1. The first kappa shape index (κ1) is 17.5. The van der Waals surface area contributed by atoms with Crippen molar-refractivity contribution in [2.24, 2.45) is 0 Å². The highest BCUT2D eigenvalue weighted by molar-refractivity contribution is 7.89. The molecule has 1 aromatic rings. The van der Waals surface area contributed by atoms with E-state index in [-0.39, 0.29) is 25.2 Å². The predicted molar refractivity (Wildman–Crippen MR) is 89.8 cm³/mol. The number of hydrogen-bond donors (Lipinski definition) is 1. The molecule has 0 aromatic heterocycles. The minimum absolute atomic E-state index is 0.0145. The molecule has 0 amide bonds. The molecule has 2 aliphatic heterocycles.